The van der Waals surface area contributed by atoms with Gasteiger partial charge in [-0.05, 0) is 37.8 Å². The van der Waals surface area contributed by atoms with E-state index in [-0.39, 0.29) is 18.2 Å². The van der Waals surface area contributed by atoms with E-state index in [9.17, 15) is 18.0 Å². The average molecular weight is 344 g/mol. The van der Waals surface area contributed by atoms with Gasteiger partial charge in [-0.25, -0.2) is 0 Å². The summed E-state index contributed by atoms with van der Waals surface area (Å²) >= 11 is 0. The van der Waals surface area contributed by atoms with Crippen molar-refractivity contribution in [3.63, 3.8) is 0 Å². The van der Waals surface area contributed by atoms with Crippen LogP contribution in [-0.2, 0) is 15.7 Å². The van der Waals surface area contributed by atoms with Crippen LogP contribution in [-0.4, -0.2) is 31.7 Å². The van der Waals surface area contributed by atoms with Crippen LogP contribution in [0.2, 0.25) is 0 Å². The molecule has 1 fully saturated rings. The van der Waals surface area contributed by atoms with Gasteiger partial charge in [0.1, 0.15) is 0 Å². The van der Waals surface area contributed by atoms with Gasteiger partial charge in [0.25, 0.3) is 0 Å². The first-order valence-corrected chi connectivity index (χ1v) is 8.13. The largest absolute Gasteiger partial charge is 0.418 e. The molecule has 1 aliphatic heterocycles. The van der Waals surface area contributed by atoms with Crippen LogP contribution in [0.15, 0.2) is 24.3 Å². The molecule has 24 heavy (non-hydrogen) atoms. The zero-order chi connectivity index (χ0) is 17.6. The number of amides is 1. The fourth-order valence-electron chi connectivity index (χ4n) is 2.73. The molecule has 2 N–H and O–H groups in total. The summed E-state index contributed by atoms with van der Waals surface area (Å²) in [6.07, 6.45) is -2.26. The van der Waals surface area contributed by atoms with Gasteiger partial charge in [-0.1, -0.05) is 12.1 Å². The maximum Gasteiger partial charge on any atom is 0.418 e. The standard InChI is InChI=1S/C17H23F3N2O2/c1-12(21-10-13-5-4-8-24-11-13)9-16(23)22-15-7-3-2-6-14(15)17(18,19)20/h2-3,6-7,12-13,21H,4-5,8-11H2,1H3,(H,22,23). The summed E-state index contributed by atoms with van der Waals surface area (Å²) in [5.74, 6) is -0.0122. The van der Waals surface area contributed by atoms with Crippen molar-refractivity contribution in [1.82, 2.24) is 5.32 Å². The van der Waals surface area contributed by atoms with Crippen molar-refractivity contribution < 1.29 is 22.7 Å². The van der Waals surface area contributed by atoms with Gasteiger partial charge >= 0.3 is 6.18 Å². The minimum absolute atomic E-state index is 0.111. The third-order valence-electron chi connectivity index (χ3n) is 4.01. The summed E-state index contributed by atoms with van der Waals surface area (Å²) in [5.41, 5.74) is -1.04. The first kappa shape index (κ1) is 18.7. The summed E-state index contributed by atoms with van der Waals surface area (Å²) < 4.78 is 44.1. The molecule has 1 aromatic rings. The lowest BCUT2D eigenvalue weighted by Gasteiger charge is -2.24. The number of alkyl halides is 3. The Balaban J connectivity index is 1.82. The summed E-state index contributed by atoms with van der Waals surface area (Å²) in [4.78, 5) is 12.0. The Labute approximate surface area is 139 Å². The Hall–Kier alpha value is -1.60. The molecule has 0 aliphatic carbocycles. The van der Waals surface area contributed by atoms with Gasteiger partial charge in [-0.15, -0.1) is 0 Å². The quantitative estimate of drug-likeness (QED) is 0.831. The van der Waals surface area contributed by atoms with E-state index in [1.807, 2.05) is 6.92 Å². The molecule has 7 heteroatoms. The molecular formula is C17H23F3N2O2. The van der Waals surface area contributed by atoms with Crippen LogP contribution >= 0.6 is 0 Å². The molecule has 0 saturated carbocycles. The van der Waals surface area contributed by atoms with Crippen molar-refractivity contribution in [2.45, 2.75) is 38.4 Å². The molecule has 2 unspecified atom stereocenters. The van der Waals surface area contributed by atoms with Crippen molar-refractivity contribution in [1.29, 1.82) is 0 Å². The van der Waals surface area contributed by atoms with Crippen molar-refractivity contribution >= 4 is 11.6 Å². The number of benzene rings is 1. The van der Waals surface area contributed by atoms with E-state index in [1.54, 1.807) is 0 Å². The summed E-state index contributed by atoms with van der Waals surface area (Å²) in [7, 11) is 0. The number of para-hydroxylation sites is 1. The first-order chi connectivity index (χ1) is 11.4. The van der Waals surface area contributed by atoms with Crippen LogP contribution in [0.25, 0.3) is 0 Å². The Bertz CT molecular complexity index is 543. The lowest BCUT2D eigenvalue weighted by Crippen LogP contribution is -2.36. The highest BCUT2D eigenvalue weighted by Gasteiger charge is 2.33. The number of hydrogen-bond donors (Lipinski definition) is 2. The van der Waals surface area contributed by atoms with Gasteiger partial charge in [0.2, 0.25) is 5.91 Å². The maximum atomic E-state index is 12.9. The Morgan fingerprint density at radius 1 is 1.38 bits per heavy atom. The highest BCUT2D eigenvalue weighted by molar-refractivity contribution is 5.92. The van der Waals surface area contributed by atoms with Crippen molar-refractivity contribution in [3.8, 4) is 0 Å². The second-order valence-corrected chi connectivity index (χ2v) is 6.19. The van der Waals surface area contributed by atoms with E-state index in [0.717, 1.165) is 32.1 Å². The lowest BCUT2D eigenvalue weighted by molar-refractivity contribution is -0.137. The summed E-state index contributed by atoms with van der Waals surface area (Å²) in [6, 6.07) is 4.87. The molecule has 2 atom stereocenters. The number of rotatable bonds is 6. The Morgan fingerprint density at radius 3 is 2.79 bits per heavy atom. The number of anilines is 1. The molecular weight excluding hydrogens is 321 g/mol. The molecule has 0 spiro atoms. The Morgan fingerprint density at radius 2 is 2.12 bits per heavy atom. The van der Waals surface area contributed by atoms with Gasteiger partial charge in [0.15, 0.2) is 0 Å². The number of hydrogen-bond acceptors (Lipinski definition) is 3. The fraction of sp³-hybridized carbons (Fsp3) is 0.588. The zero-order valence-corrected chi connectivity index (χ0v) is 13.7. The molecule has 0 bridgehead atoms. The molecule has 1 aliphatic rings. The second-order valence-electron chi connectivity index (χ2n) is 6.19. The molecule has 2 rings (SSSR count). The molecule has 134 valence electrons. The third kappa shape index (κ3) is 5.79. The van der Waals surface area contributed by atoms with Gasteiger partial charge < -0.3 is 15.4 Å². The molecule has 0 aromatic heterocycles. The van der Waals surface area contributed by atoms with E-state index in [1.165, 1.54) is 18.2 Å². The van der Waals surface area contributed by atoms with Crippen LogP contribution < -0.4 is 10.6 Å². The van der Waals surface area contributed by atoms with Crippen LogP contribution in [0, 0.1) is 5.92 Å². The minimum Gasteiger partial charge on any atom is -0.381 e. The first-order valence-electron chi connectivity index (χ1n) is 8.13. The number of carbonyl (C=O) groups excluding carboxylic acids is 1. The molecule has 1 amide bonds. The smallest absolute Gasteiger partial charge is 0.381 e. The van der Waals surface area contributed by atoms with Crippen molar-refractivity contribution in [2.24, 2.45) is 5.92 Å². The van der Waals surface area contributed by atoms with E-state index in [0.29, 0.717) is 12.5 Å². The number of carbonyl (C=O) groups is 1. The lowest BCUT2D eigenvalue weighted by atomic mass is 10.0. The zero-order valence-electron chi connectivity index (χ0n) is 13.7. The van der Waals surface area contributed by atoms with Gasteiger partial charge in [-0.3, -0.25) is 4.79 Å². The Kier molecular flexibility index (Phi) is 6.62. The van der Waals surface area contributed by atoms with Crippen molar-refractivity contribution in [2.75, 3.05) is 25.1 Å². The SMILES string of the molecule is CC(CC(=O)Nc1ccccc1C(F)(F)F)NCC1CCCOC1. The number of nitrogens with one attached hydrogen (secondary N) is 2. The molecule has 1 saturated heterocycles. The van der Waals surface area contributed by atoms with Gasteiger partial charge in [0.05, 0.1) is 17.9 Å². The fourth-order valence-corrected chi connectivity index (χ4v) is 2.73. The van der Waals surface area contributed by atoms with E-state index in [4.69, 9.17) is 4.74 Å². The van der Waals surface area contributed by atoms with E-state index in [2.05, 4.69) is 10.6 Å². The predicted octanol–water partition coefficient (Wildman–Crippen LogP) is 3.44. The minimum atomic E-state index is -4.49. The monoisotopic (exact) mass is 344 g/mol. The highest BCUT2D eigenvalue weighted by Crippen LogP contribution is 2.34. The second kappa shape index (κ2) is 8.48. The number of ether oxygens (including phenoxy) is 1. The van der Waals surface area contributed by atoms with E-state index >= 15 is 0 Å². The van der Waals surface area contributed by atoms with Crippen LogP contribution in [0.5, 0.6) is 0 Å². The molecule has 0 radical (unpaired) electrons. The predicted molar refractivity (Wildman–Crippen MR) is 85.7 cm³/mol. The molecule has 1 heterocycles. The third-order valence-corrected chi connectivity index (χ3v) is 4.01. The van der Waals surface area contributed by atoms with Crippen LogP contribution in [0.4, 0.5) is 18.9 Å². The normalized spacial score (nSPS) is 19.8. The van der Waals surface area contributed by atoms with Crippen molar-refractivity contribution in [3.05, 3.63) is 29.8 Å². The van der Waals surface area contributed by atoms with Gasteiger partial charge in [-0.2, -0.15) is 13.2 Å². The highest BCUT2D eigenvalue weighted by atomic mass is 19.4. The van der Waals surface area contributed by atoms with Gasteiger partial charge in [0, 0.05) is 25.6 Å². The summed E-state index contributed by atoms with van der Waals surface area (Å²) in [6.45, 7) is 4.10. The van der Waals surface area contributed by atoms with Crippen LogP contribution in [0.1, 0.15) is 31.7 Å². The van der Waals surface area contributed by atoms with Crippen LogP contribution in [0.3, 0.4) is 0 Å². The maximum absolute atomic E-state index is 12.9. The summed E-state index contributed by atoms with van der Waals surface area (Å²) in [5, 5.41) is 5.61. The topological polar surface area (TPSA) is 50.4 Å². The van der Waals surface area contributed by atoms with E-state index < -0.39 is 17.6 Å². The number of halogens is 3. The molecule has 4 nitrogen and oxygen atoms in total. The average Bonchev–Trinajstić information content (AvgIpc) is 2.53. The molecule has 1 aromatic carbocycles.